The highest BCUT2D eigenvalue weighted by Crippen LogP contribution is 2.23. The molecule has 22 heavy (non-hydrogen) atoms. The SMILES string of the molecule is CCC(C)NC(=O)Cn1cnc2c(oc3ccccc32)c1=O. The molecule has 0 radical (unpaired) electrons. The van der Waals surface area contributed by atoms with Crippen LogP contribution in [0.3, 0.4) is 0 Å². The lowest BCUT2D eigenvalue weighted by molar-refractivity contribution is -0.122. The Labute approximate surface area is 126 Å². The quantitative estimate of drug-likeness (QED) is 0.800. The predicted octanol–water partition coefficient (Wildman–Crippen LogP) is 2.06. The van der Waals surface area contributed by atoms with Gasteiger partial charge in [0.2, 0.25) is 11.5 Å². The number of hydrogen-bond acceptors (Lipinski definition) is 4. The van der Waals surface area contributed by atoms with Crippen molar-refractivity contribution < 1.29 is 9.21 Å². The fourth-order valence-electron chi connectivity index (χ4n) is 2.31. The molecule has 0 aliphatic heterocycles. The van der Waals surface area contributed by atoms with Crippen molar-refractivity contribution in [3.63, 3.8) is 0 Å². The highest BCUT2D eigenvalue weighted by molar-refractivity contribution is 6.01. The molecule has 1 amide bonds. The van der Waals surface area contributed by atoms with Crippen molar-refractivity contribution in [3.05, 3.63) is 40.9 Å². The second-order valence-electron chi connectivity index (χ2n) is 5.33. The molecule has 2 aromatic heterocycles. The number of furan rings is 1. The van der Waals surface area contributed by atoms with Gasteiger partial charge in [0.1, 0.15) is 17.6 Å². The van der Waals surface area contributed by atoms with Crippen LogP contribution in [0.2, 0.25) is 0 Å². The summed E-state index contributed by atoms with van der Waals surface area (Å²) in [6.45, 7) is 3.84. The summed E-state index contributed by atoms with van der Waals surface area (Å²) < 4.78 is 6.85. The van der Waals surface area contributed by atoms with Crippen molar-refractivity contribution in [1.82, 2.24) is 14.9 Å². The number of amides is 1. The van der Waals surface area contributed by atoms with Crippen molar-refractivity contribution in [1.29, 1.82) is 0 Å². The minimum absolute atomic E-state index is 0.0663. The molecule has 3 aromatic rings. The molecule has 1 N–H and O–H groups in total. The Balaban J connectivity index is 1.98. The van der Waals surface area contributed by atoms with E-state index in [9.17, 15) is 9.59 Å². The van der Waals surface area contributed by atoms with Gasteiger partial charge in [-0.1, -0.05) is 19.1 Å². The molecule has 1 atom stereocenters. The summed E-state index contributed by atoms with van der Waals surface area (Å²) in [6.07, 6.45) is 2.23. The summed E-state index contributed by atoms with van der Waals surface area (Å²) in [7, 11) is 0. The van der Waals surface area contributed by atoms with E-state index in [0.29, 0.717) is 11.1 Å². The monoisotopic (exact) mass is 299 g/mol. The largest absolute Gasteiger partial charge is 0.448 e. The topological polar surface area (TPSA) is 77.1 Å². The van der Waals surface area contributed by atoms with E-state index in [1.165, 1.54) is 10.9 Å². The van der Waals surface area contributed by atoms with E-state index in [0.717, 1.165) is 11.8 Å². The molecule has 0 aliphatic carbocycles. The summed E-state index contributed by atoms with van der Waals surface area (Å²) in [5.41, 5.74) is 0.976. The van der Waals surface area contributed by atoms with Crippen molar-refractivity contribution in [2.24, 2.45) is 0 Å². The van der Waals surface area contributed by atoms with Crippen LogP contribution >= 0.6 is 0 Å². The summed E-state index contributed by atoms with van der Waals surface area (Å²) >= 11 is 0. The van der Waals surface area contributed by atoms with E-state index in [4.69, 9.17) is 4.42 Å². The summed E-state index contributed by atoms with van der Waals surface area (Å²) in [6, 6.07) is 7.42. The molecule has 114 valence electrons. The lowest BCUT2D eigenvalue weighted by Crippen LogP contribution is -2.37. The maximum absolute atomic E-state index is 12.4. The normalized spacial score (nSPS) is 12.6. The highest BCUT2D eigenvalue weighted by atomic mass is 16.3. The van der Waals surface area contributed by atoms with Crippen LogP contribution in [0.5, 0.6) is 0 Å². The van der Waals surface area contributed by atoms with Crippen LogP contribution in [0.25, 0.3) is 22.1 Å². The standard InChI is InChI=1S/C16H17N3O3/c1-3-10(2)18-13(20)8-19-9-17-14-11-6-4-5-7-12(11)22-15(14)16(19)21/h4-7,9-10H,3,8H2,1-2H3,(H,18,20). The third-order valence-electron chi connectivity index (χ3n) is 3.68. The molecule has 0 bridgehead atoms. The van der Waals surface area contributed by atoms with Gasteiger partial charge < -0.3 is 9.73 Å². The lowest BCUT2D eigenvalue weighted by atomic mass is 10.2. The molecule has 0 saturated heterocycles. The molecule has 0 aliphatic rings. The van der Waals surface area contributed by atoms with Crippen molar-refractivity contribution in [2.75, 3.05) is 0 Å². The molecule has 6 heteroatoms. The Bertz CT molecular complexity index is 894. The van der Waals surface area contributed by atoms with Gasteiger partial charge in [0.25, 0.3) is 5.56 Å². The van der Waals surface area contributed by atoms with Crippen LogP contribution in [-0.2, 0) is 11.3 Å². The predicted molar refractivity (Wildman–Crippen MR) is 83.7 cm³/mol. The number of hydrogen-bond donors (Lipinski definition) is 1. The molecule has 0 fully saturated rings. The van der Waals surface area contributed by atoms with Gasteiger partial charge in [0, 0.05) is 11.4 Å². The number of para-hydroxylation sites is 1. The van der Waals surface area contributed by atoms with Crippen LogP contribution in [0, 0.1) is 0 Å². The van der Waals surface area contributed by atoms with Crippen LogP contribution in [-0.4, -0.2) is 21.5 Å². The van der Waals surface area contributed by atoms with Crippen LogP contribution < -0.4 is 10.9 Å². The van der Waals surface area contributed by atoms with Gasteiger partial charge in [-0.25, -0.2) is 4.98 Å². The first-order valence-corrected chi connectivity index (χ1v) is 7.26. The lowest BCUT2D eigenvalue weighted by Gasteiger charge is -2.11. The van der Waals surface area contributed by atoms with E-state index < -0.39 is 0 Å². The third-order valence-corrected chi connectivity index (χ3v) is 3.68. The van der Waals surface area contributed by atoms with Gasteiger partial charge in [-0.05, 0) is 25.5 Å². The average molecular weight is 299 g/mol. The Hall–Kier alpha value is -2.63. The molecule has 0 spiro atoms. The molecule has 6 nitrogen and oxygen atoms in total. The van der Waals surface area contributed by atoms with Crippen molar-refractivity contribution in [2.45, 2.75) is 32.9 Å². The zero-order chi connectivity index (χ0) is 15.7. The van der Waals surface area contributed by atoms with Crippen LogP contribution in [0.15, 0.2) is 39.8 Å². The molecule has 3 rings (SSSR count). The number of rotatable bonds is 4. The van der Waals surface area contributed by atoms with Gasteiger partial charge in [-0.3, -0.25) is 14.2 Å². The Morgan fingerprint density at radius 2 is 2.18 bits per heavy atom. The molecular formula is C16H17N3O3. The average Bonchev–Trinajstić information content (AvgIpc) is 2.89. The number of carbonyl (C=O) groups excluding carboxylic acids is 1. The van der Waals surface area contributed by atoms with Crippen LogP contribution in [0.4, 0.5) is 0 Å². The van der Waals surface area contributed by atoms with Crippen LogP contribution in [0.1, 0.15) is 20.3 Å². The summed E-state index contributed by atoms with van der Waals surface area (Å²) in [5.74, 6) is -0.214. The number of nitrogens with one attached hydrogen (secondary N) is 1. The van der Waals surface area contributed by atoms with Gasteiger partial charge in [-0.15, -0.1) is 0 Å². The van der Waals surface area contributed by atoms with Gasteiger partial charge in [0.15, 0.2) is 0 Å². The minimum atomic E-state index is -0.347. The van der Waals surface area contributed by atoms with E-state index in [2.05, 4.69) is 10.3 Å². The van der Waals surface area contributed by atoms with Gasteiger partial charge in [0.05, 0.1) is 6.33 Å². The zero-order valence-corrected chi connectivity index (χ0v) is 12.5. The zero-order valence-electron chi connectivity index (χ0n) is 12.5. The maximum atomic E-state index is 12.4. The van der Waals surface area contributed by atoms with E-state index in [-0.39, 0.29) is 29.6 Å². The molecule has 1 aromatic carbocycles. The van der Waals surface area contributed by atoms with Crippen molar-refractivity contribution in [3.8, 4) is 0 Å². The number of aromatic nitrogens is 2. The summed E-state index contributed by atoms with van der Waals surface area (Å²) in [4.78, 5) is 28.6. The molecular weight excluding hydrogens is 282 g/mol. The summed E-state index contributed by atoms with van der Waals surface area (Å²) in [5, 5.41) is 3.62. The second-order valence-corrected chi connectivity index (χ2v) is 5.33. The molecule has 2 heterocycles. The number of benzene rings is 1. The number of nitrogens with zero attached hydrogens (tertiary/aromatic N) is 2. The number of carbonyl (C=O) groups is 1. The molecule has 0 saturated carbocycles. The first-order valence-electron chi connectivity index (χ1n) is 7.26. The van der Waals surface area contributed by atoms with Gasteiger partial charge >= 0.3 is 0 Å². The number of fused-ring (bicyclic) bond motifs is 3. The van der Waals surface area contributed by atoms with Gasteiger partial charge in [-0.2, -0.15) is 0 Å². The van der Waals surface area contributed by atoms with E-state index >= 15 is 0 Å². The fourth-order valence-corrected chi connectivity index (χ4v) is 2.31. The van der Waals surface area contributed by atoms with E-state index in [1.54, 1.807) is 6.07 Å². The third kappa shape index (κ3) is 2.47. The Morgan fingerprint density at radius 1 is 1.41 bits per heavy atom. The smallest absolute Gasteiger partial charge is 0.297 e. The van der Waals surface area contributed by atoms with Crippen molar-refractivity contribution >= 4 is 28.0 Å². The second kappa shape index (κ2) is 5.63. The Kier molecular flexibility index (Phi) is 3.66. The fraction of sp³-hybridized carbons (Fsp3) is 0.312. The first-order chi connectivity index (χ1) is 10.6. The molecule has 1 unspecified atom stereocenters. The minimum Gasteiger partial charge on any atom is -0.448 e. The highest BCUT2D eigenvalue weighted by Gasteiger charge is 2.14. The first kappa shape index (κ1) is 14.3. The maximum Gasteiger partial charge on any atom is 0.297 e. The Morgan fingerprint density at radius 3 is 2.95 bits per heavy atom. The van der Waals surface area contributed by atoms with E-state index in [1.807, 2.05) is 32.0 Å².